The smallest absolute Gasteiger partial charge is 0.269 e. The Bertz CT molecular complexity index is 494. The molecule has 1 aromatic carbocycles. The molecule has 0 saturated carbocycles. The summed E-state index contributed by atoms with van der Waals surface area (Å²) in [5, 5.41) is 10.8. The van der Waals surface area contributed by atoms with E-state index in [1.807, 2.05) is 6.92 Å². The van der Waals surface area contributed by atoms with Crippen molar-refractivity contribution in [2.24, 2.45) is 5.92 Å². The maximum absolute atomic E-state index is 10.8. The van der Waals surface area contributed by atoms with E-state index in [9.17, 15) is 14.9 Å². The molecule has 0 spiro atoms. The van der Waals surface area contributed by atoms with Crippen LogP contribution in [0.25, 0.3) is 0 Å². The molecule has 0 aromatic heterocycles. The monoisotopic (exact) mass is 275 g/mol. The molecule has 0 amide bonds. The molecule has 1 aliphatic heterocycles. The fourth-order valence-electron chi connectivity index (χ4n) is 2.59. The topological polar surface area (TPSA) is 63.5 Å². The predicted molar refractivity (Wildman–Crippen MR) is 76.4 cm³/mol. The van der Waals surface area contributed by atoms with Gasteiger partial charge in [-0.25, -0.2) is 0 Å². The van der Waals surface area contributed by atoms with E-state index in [4.69, 9.17) is 0 Å². The number of nitrogens with zero attached hydrogens (tertiary/aromatic N) is 2. The van der Waals surface area contributed by atoms with E-state index in [2.05, 4.69) is 11.2 Å². The molecule has 1 saturated heterocycles. The van der Waals surface area contributed by atoms with Crippen LogP contribution in [0.3, 0.4) is 0 Å². The third-order valence-corrected chi connectivity index (χ3v) is 4.00. The normalized spacial score (nSPS) is 17.1. The lowest BCUT2D eigenvalue weighted by Crippen LogP contribution is -2.35. The lowest BCUT2D eigenvalue weighted by atomic mass is 9.98. The molecule has 5 heteroatoms. The minimum atomic E-state index is -0.353. The highest BCUT2D eigenvalue weighted by Gasteiger charge is 2.19. The highest BCUT2D eigenvalue weighted by molar-refractivity contribution is 5.54. The predicted octanol–water partition coefficient (Wildman–Crippen LogP) is 2.27. The number of aryl methyl sites for hydroxylation is 1. The molecular weight excluding hydrogens is 256 g/mol. The molecule has 1 radical (unpaired) electrons. The van der Waals surface area contributed by atoms with Crippen LogP contribution < -0.4 is 0 Å². The van der Waals surface area contributed by atoms with Crippen molar-refractivity contribution < 1.29 is 9.72 Å². The molecule has 1 fully saturated rings. The van der Waals surface area contributed by atoms with Crippen molar-refractivity contribution in [2.45, 2.75) is 26.2 Å². The van der Waals surface area contributed by atoms with Gasteiger partial charge >= 0.3 is 0 Å². The van der Waals surface area contributed by atoms with Gasteiger partial charge in [0.1, 0.15) is 0 Å². The third-order valence-electron chi connectivity index (χ3n) is 4.00. The molecule has 1 heterocycles. The summed E-state index contributed by atoms with van der Waals surface area (Å²) in [5.74, 6) is 0.0887. The van der Waals surface area contributed by atoms with Crippen LogP contribution >= 0.6 is 0 Å². The molecule has 0 N–H and O–H groups in total. The van der Waals surface area contributed by atoms with E-state index < -0.39 is 0 Å². The van der Waals surface area contributed by atoms with Gasteiger partial charge in [0.05, 0.1) is 4.92 Å². The Labute approximate surface area is 118 Å². The van der Waals surface area contributed by atoms with E-state index in [0.29, 0.717) is 0 Å². The Morgan fingerprint density at radius 2 is 2.10 bits per heavy atom. The highest BCUT2D eigenvalue weighted by atomic mass is 16.6. The van der Waals surface area contributed by atoms with Gasteiger partial charge < -0.3 is 4.90 Å². The zero-order chi connectivity index (χ0) is 14.5. The van der Waals surface area contributed by atoms with Gasteiger partial charge in [-0.05, 0) is 50.4 Å². The van der Waals surface area contributed by atoms with Crippen molar-refractivity contribution in [3.05, 3.63) is 39.4 Å². The van der Waals surface area contributed by atoms with Crippen molar-refractivity contribution in [2.75, 3.05) is 19.6 Å². The first-order chi connectivity index (χ1) is 9.60. The average Bonchev–Trinajstić information content (AvgIpc) is 2.46. The Balaban J connectivity index is 1.92. The molecule has 5 nitrogen and oxygen atoms in total. The molecule has 1 aliphatic rings. The van der Waals surface area contributed by atoms with E-state index >= 15 is 0 Å². The summed E-state index contributed by atoms with van der Waals surface area (Å²) in [7, 11) is 0. The summed E-state index contributed by atoms with van der Waals surface area (Å²) >= 11 is 0. The molecule has 0 bridgehead atoms. The summed E-state index contributed by atoms with van der Waals surface area (Å²) in [5.41, 5.74) is 2.27. The second kappa shape index (κ2) is 6.61. The molecule has 107 valence electrons. The first-order valence-electron chi connectivity index (χ1n) is 6.94. The Morgan fingerprint density at radius 1 is 1.40 bits per heavy atom. The van der Waals surface area contributed by atoms with Crippen LogP contribution in [0.15, 0.2) is 18.2 Å². The first kappa shape index (κ1) is 14.7. The third kappa shape index (κ3) is 3.63. The van der Waals surface area contributed by atoms with Gasteiger partial charge in [0, 0.05) is 24.6 Å². The summed E-state index contributed by atoms with van der Waals surface area (Å²) in [6, 6.07) is 5.02. The molecule has 0 aliphatic carbocycles. The molecule has 0 atom stereocenters. The number of nitro groups is 1. The van der Waals surface area contributed by atoms with Crippen molar-refractivity contribution in [3.63, 3.8) is 0 Å². The van der Waals surface area contributed by atoms with E-state index in [1.165, 1.54) is 0 Å². The van der Waals surface area contributed by atoms with Gasteiger partial charge in [0.25, 0.3) is 5.69 Å². The summed E-state index contributed by atoms with van der Waals surface area (Å²) in [4.78, 5) is 23.3. The SMILES string of the molecule is Cc1ccc([N+](=O)[O-])cc1CCN1CCC([C]=O)CC1. The molecule has 1 aromatic rings. The van der Waals surface area contributed by atoms with Crippen LogP contribution in [-0.2, 0) is 11.2 Å². The van der Waals surface area contributed by atoms with Gasteiger partial charge in [-0.1, -0.05) is 6.07 Å². The summed E-state index contributed by atoms with van der Waals surface area (Å²) in [6.07, 6.45) is 4.63. The Morgan fingerprint density at radius 3 is 2.70 bits per heavy atom. The van der Waals surface area contributed by atoms with Gasteiger partial charge in [-0.3, -0.25) is 14.9 Å². The maximum Gasteiger partial charge on any atom is 0.269 e. The van der Waals surface area contributed by atoms with Crippen LogP contribution in [0.2, 0.25) is 0 Å². The number of likely N-dealkylation sites (tertiary alicyclic amines) is 1. The second-order valence-corrected chi connectivity index (χ2v) is 5.35. The lowest BCUT2D eigenvalue weighted by Gasteiger charge is -2.29. The molecule has 2 rings (SSSR count). The van der Waals surface area contributed by atoms with Crippen LogP contribution in [0.1, 0.15) is 24.0 Å². The molecular formula is C15H19N2O3. The quantitative estimate of drug-likeness (QED) is 0.611. The standard InChI is InChI=1S/C15H19N2O3/c1-12-2-3-15(17(19)20)10-14(12)6-9-16-7-4-13(11-18)5-8-16/h2-3,10,13H,4-9H2,1H3. The summed E-state index contributed by atoms with van der Waals surface area (Å²) in [6.45, 7) is 4.68. The van der Waals surface area contributed by atoms with Crippen LogP contribution in [0.5, 0.6) is 0 Å². The van der Waals surface area contributed by atoms with Gasteiger partial charge in [-0.2, -0.15) is 0 Å². The van der Waals surface area contributed by atoms with Crippen molar-refractivity contribution in [1.82, 2.24) is 4.90 Å². The van der Waals surface area contributed by atoms with Crippen molar-refractivity contribution in [1.29, 1.82) is 0 Å². The number of hydrogen-bond acceptors (Lipinski definition) is 4. The maximum atomic E-state index is 10.8. The van der Waals surface area contributed by atoms with E-state index in [0.717, 1.165) is 50.0 Å². The fourth-order valence-corrected chi connectivity index (χ4v) is 2.59. The highest BCUT2D eigenvalue weighted by Crippen LogP contribution is 2.19. The van der Waals surface area contributed by atoms with Crippen LogP contribution in [0.4, 0.5) is 5.69 Å². The fraction of sp³-hybridized carbons (Fsp3) is 0.533. The molecule has 0 unspecified atom stereocenters. The first-order valence-corrected chi connectivity index (χ1v) is 6.94. The second-order valence-electron chi connectivity index (χ2n) is 5.35. The van der Waals surface area contributed by atoms with Gasteiger partial charge in [0.15, 0.2) is 0 Å². The number of non-ortho nitro benzene ring substituents is 1. The van der Waals surface area contributed by atoms with Crippen molar-refractivity contribution in [3.8, 4) is 0 Å². The number of carbonyl (C=O) groups excluding carboxylic acids is 1. The number of rotatable bonds is 5. The van der Waals surface area contributed by atoms with Gasteiger partial charge in [0.2, 0.25) is 6.29 Å². The van der Waals surface area contributed by atoms with Crippen LogP contribution in [-0.4, -0.2) is 35.7 Å². The number of hydrogen-bond donors (Lipinski definition) is 0. The zero-order valence-corrected chi connectivity index (χ0v) is 11.7. The average molecular weight is 275 g/mol. The van der Waals surface area contributed by atoms with Gasteiger partial charge in [-0.15, -0.1) is 0 Å². The minimum absolute atomic E-state index is 0.0887. The largest absolute Gasteiger partial charge is 0.303 e. The summed E-state index contributed by atoms with van der Waals surface area (Å²) < 4.78 is 0. The lowest BCUT2D eigenvalue weighted by molar-refractivity contribution is -0.384. The Kier molecular flexibility index (Phi) is 4.84. The number of benzene rings is 1. The number of nitro benzene ring substituents is 1. The zero-order valence-electron chi connectivity index (χ0n) is 11.7. The van der Waals surface area contributed by atoms with Crippen LogP contribution in [0, 0.1) is 23.0 Å². The molecule has 20 heavy (non-hydrogen) atoms. The van der Waals surface area contributed by atoms with E-state index in [1.54, 1.807) is 18.2 Å². The number of piperidine rings is 1. The Hall–Kier alpha value is -1.75. The minimum Gasteiger partial charge on any atom is -0.303 e. The van der Waals surface area contributed by atoms with E-state index in [-0.39, 0.29) is 16.5 Å². The van der Waals surface area contributed by atoms with Crippen molar-refractivity contribution >= 4 is 12.0 Å².